The fraction of sp³-hybridized carbons (Fsp3) is 0.250. The molecule has 0 atom stereocenters. The molecule has 0 aliphatic carbocycles. The van der Waals surface area contributed by atoms with E-state index in [1.165, 1.54) is 0 Å². The van der Waals surface area contributed by atoms with E-state index in [1.807, 2.05) is 31.2 Å². The molecule has 2 aromatic carbocycles. The van der Waals surface area contributed by atoms with Gasteiger partial charge >= 0.3 is 0 Å². The van der Waals surface area contributed by atoms with E-state index >= 15 is 0 Å². The number of aryl methyl sites for hydroxylation is 1. The molecule has 0 saturated carbocycles. The number of rotatable bonds is 4. The molecule has 0 spiro atoms. The molecular weight excluding hydrogens is 256 g/mol. The van der Waals surface area contributed by atoms with Gasteiger partial charge in [-0.3, -0.25) is 0 Å². The third-order valence-corrected chi connectivity index (χ3v) is 3.21. The monoisotopic (exact) mass is 274 g/mol. The highest BCUT2D eigenvalue weighted by molar-refractivity contribution is 5.72. The van der Waals surface area contributed by atoms with Gasteiger partial charge in [-0.25, -0.2) is 0 Å². The SMILES string of the molecule is COc1cc(-c2ccc(C)c(O)c2)cc(OC)c1OC. The topological polar surface area (TPSA) is 47.9 Å². The van der Waals surface area contributed by atoms with Crippen LogP contribution in [0.3, 0.4) is 0 Å². The maximum absolute atomic E-state index is 9.83. The predicted octanol–water partition coefficient (Wildman–Crippen LogP) is 3.39. The number of hydrogen-bond acceptors (Lipinski definition) is 4. The molecule has 106 valence electrons. The van der Waals surface area contributed by atoms with Crippen LogP contribution in [-0.4, -0.2) is 26.4 Å². The highest BCUT2D eigenvalue weighted by atomic mass is 16.5. The molecule has 0 aromatic heterocycles. The van der Waals surface area contributed by atoms with Gasteiger partial charge in [-0.05, 0) is 41.8 Å². The van der Waals surface area contributed by atoms with E-state index in [9.17, 15) is 5.11 Å². The van der Waals surface area contributed by atoms with Gasteiger partial charge in [0.15, 0.2) is 11.5 Å². The average molecular weight is 274 g/mol. The van der Waals surface area contributed by atoms with Gasteiger partial charge in [0, 0.05) is 0 Å². The summed E-state index contributed by atoms with van der Waals surface area (Å²) >= 11 is 0. The van der Waals surface area contributed by atoms with E-state index in [0.717, 1.165) is 16.7 Å². The lowest BCUT2D eigenvalue weighted by Crippen LogP contribution is -1.95. The van der Waals surface area contributed by atoms with Crippen molar-refractivity contribution in [3.8, 4) is 34.1 Å². The highest BCUT2D eigenvalue weighted by Gasteiger charge is 2.14. The molecule has 20 heavy (non-hydrogen) atoms. The number of ether oxygens (including phenoxy) is 3. The van der Waals surface area contributed by atoms with Crippen LogP contribution >= 0.6 is 0 Å². The van der Waals surface area contributed by atoms with Gasteiger partial charge in [0.1, 0.15) is 5.75 Å². The summed E-state index contributed by atoms with van der Waals surface area (Å²) in [6.07, 6.45) is 0. The molecule has 1 N–H and O–H groups in total. The molecule has 4 heteroatoms. The zero-order chi connectivity index (χ0) is 14.7. The first-order valence-corrected chi connectivity index (χ1v) is 6.20. The Kier molecular flexibility index (Phi) is 4.03. The van der Waals surface area contributed by atoms with Crippen LogP contribution in [0.15, 0.2) is 30.3 Å². The highest BCUT2D eigenvalue weighted by Crippen LogP contribution is 2.41. The summed E-state index contributed by atoms with van der Waals surface area (Å²) < 4.78 is 15.9. The van der Waals surface area contributed by atoms with Crippen LogP contribution < -0.4 is 14.2 Å². The maximum atomic E-state index is 9.83. The summed E-state index contributed by atoms with van der Waals surface area (Å²) in [4.78, 5) is 0. The fourth-order valence-corrected chi connectivity index (χ4v) is 2.04. The van der Waals surface area contributed by atoms with Gasteiger partial charge in [-0.15, -0.1) is 0 Å². The van der Waals surface area contributed by atoms with E-state index < -0.39 is 0 Å². The third-order valence-electron chi connectivity index (χ3n) is 3.21. The summed E-state index contributed by atoms with van der Waals surface area (Å²) in [6, 6.07) is 9.23. The molecule has 0 fully saturated rings. The standard InChI is InChI=1S/C16H18O4/c1-10-5-6-11(7-13(10)17)12-8-14(18-2)16(20-4)15(9-12)19-3/h5-9,17H,1-4H3. The van der Waals surface area contributed by atoms with Crippen molar-refractivity contribution in [3.05, 3.63) is 35.9 Å². The molecule has 0 saturated heterocycles. The molecule has 0 amide bonds. The third kappa shape index (κ3) is 2.50. The zero-order valence-corrected chi connectivity index (χ0v) is 12.1. The van der Waals surface area contributed by atoms with E-state index in [4.69, 9.17) is 14.2 Å². The molecule has 4 nitrogen and oxygen atoms in total. The van der Waals surface area contributed by atoms with Crippen molar-refractivity contribution in [1.29, 1.82) is 0 Å². The predicted molar refractivity (Wildman–Crippen MR) is 77.9 cm³/mol. The Labute approximate surface area is 118 Å². The van der Waals surface area contributed by atoms with Gasteiger partial charge in [0.25, 0.3) is 0 Å². The molecule has 2 rings (SSSR count). The number of phenols is 1. The maximum Gasteiger partial charge on any atom is 0.203 e. The second-order valence-corrected chi connectivity index (χ2v) is 4.42. The second-order valence-electron chi connectivity index (χ2n) is 4.42. The normalized spacial score (nSPS) is 10.2. The Bertz CT molecular complexity index is 595. The van der Waals surface area contributed by atoms with Crippen LogP contribution in [0.5, 0.6) is 23.0 Å². The van der Waals surface area contributed by atoms with Crippen LogP contribution in [-0.2, 0) is 0 Å². The molecule has 0 aliphatic heterocycles. The Balaban J connectivity index is 2.59. The molecule has 0 aliphatic rings. The Morgan fingerprint density at radius 2 is 1.40 bits per heavy atom. The van der Waals surface area contributed by atoms with Gasteiger partial charge in [-0.2, -0.15) is 0 Å². The van der Waals surface area contributed by atoms with E-state index in [-0.39, 0.29) is 5.75 Å². The zero-order valence-electron chi connectivity index (χ0n) is 12.1. The van der Waals surface area contributed by atoms with E-state index in [2.05, 4.69) is 0 Å². The van der Waals surface area contributed by atoms with Crippen molar-refractivity contribution in [2.24, 2.45) is 0 Å². The number of aromatic hydroxyl groups is 1. The van der Waals surface area contributed by atoms with Gasteiger partial charge in [0.05, 0.1) is 21.3 Å². The molecular formula is C16H18O4. The van der Waals surface area contributed by atoms with Crippen molar-refractivity contribution in [2.45, 2.75) is 6.92 Å². The molecule has 0 unspecified atom stereocenters. The van der Waals surface area contributed by atoms with Crippen LogP contribution in [0.4, 0.5) is 0 Å². The molecule has 0 bridgehead atoms. The van der Waals surface area contributed by atoms with Gasteiger partial charge in [0.2, 0.25) is 5.75 Å². The van der Waals surface area contributed by atoms with Crippen molar-refractivity contribution in [2.75, 3.05) is 21.3 Å². The van der Waals surface area contributed by atoms with E-state index in [0.29, 0.717) is 17.2 Å². The lowest BCUT2D eigenvalue weighted by Gasteiger charge is -2.14. The summed E-state index contributed by atoms with van der Waals surface area (Å²) in [6.45, 7) is 1.86. The minimum Gasteiger partial charge on any atom is -0.508 e. The summed E-state index contributed by atoms with van der Waals surface area (Å²) in [7, 11) is 4.72. The lowest BCUT2D eigenvalue weighted by atomic mass is 10.0. The van der Waals surface area contributed by atoms with Crippen LogP contribution in [0.2, 0.25) is 0 Å². The summed E-state index contributed by atoms with van der Waals surface area (Å²) in [5, 5.41) is 9.83. The minimum atomic E-state index is 0.260. The van der Waals surface area contributed by atoms with Crippen molar-refractivity contribution >= 4 is 0 Å². The first-order chi connectivity index (χ1) is 9.60. The van der Waals surface area contributed by atoms with Crippen molar-refractivity contribution < 1.29 is 19.3 Å². The summed E-state index contributed by atoms with van der Waals surface area (Å²) in [5.41, 5.74) is 2.60. The largest absolute Gasteiger partial charge is 0.508 e. The van der Waals surface area contributed by atoms with E-state index in [1.54, 1.807) is 27.4 Å². The molecule has 2 aromatic rings. The molecule has 0 radical (unpaired) electrons. The van der Waals surface area contributed by atoms with Crippen molar-refractivity contribution in [3.63, 3.8) is 0 Å². The Morgan fingerprint density at radius 1 is 0.800 bits per heavy atom. The molecule has 0 heterocycles. The quantitative estimate of drug-likeness (QED) is 0.928. The second kappa shape index (κ2) is 5.74. The van der Waals surface area contributed by atoms with Crippen LogP contribution in [0.25, 0.3) is 11.1 Å². The van der Waals surface area contributed by atoms with Crippen LogP contribution in [0.1, 0.15) is 5.56 Å². The van der Waals surface area contributed by atoms with Gasteiger partial charge in [-0.1, -0.05) is 12.1 Å². The number of methoxy groups -OCH3 is 3. The van der Waals surface area contributed by atoms with Gasteiger partial charge < -0.3 is 19.3 Å². The van der Waals surface area contributed by atoms with Crippen LogP contribution in [0, 0.1) is 6.92 Å². The Hall–Kier alpha value is -2.36. The Morgan fingerprint density at radius 3 is 1.85 bits per heavy atom. The fourth-order valence-electron chi connectivity index (χ4n) is 2.04. The average Bonchev–Trinajstić information content (AvgIpc) is 2.48. The smallest absolute Gasteiger partial charge is 0.203 e. The van der Waals surface area contributed by atoms with Crippen molar-refractivity contribution in [1.82, 2.24) is 0 Å². The first kappa shape index (κ1) is 14.1. The number of hydrogen-bond donors (Lipinski definition) is 1. The minimum absolute atomic E-state index is 0.260. The lowest BCUT2D eigenvalue weighted by molar-refractivity contribution is 0.324. The number of phenolic OH excluding ortho intramolecular Hbond substituents is 1. The summed E-state index contributed by atoms with van der Waals surface area (Å²) in [5.74, 6) is 1.98. The number of benzene rings is 2. The first-order valence-electron chi connectivity index (χ1n) is 6.20.